The molecule has 11 nitrogen and oxygen atoms in total. The SMILES string of the molecule is C=C[C@@H]1C[C@]1(NC(=O)CC[C@H](CN)Oc1nc(-c2cccc(F)c2)nc2c1sc1ncccc12)C(=O)NS(=O)(=O)C1CC1. The van der Waals surface area contributed by atoms with Gasteiger partial charge in [0.05, 0.1) is 10.8 Å². The van der Waals surface area contributed by atoms with Gasteiger partial charge in [-0.3, -0.25) is 14.3 Å². The quantitative estimate of drug-likeness (QED) is 0.201. The fourth-order valence-corrected chi connectivity index (χ4v) is 7.37. The van der Waals surface area contributed by atoms with E-state index in [1.165, 1.54) is 29.5 Å². The fraction of sp³-hybridized carbons (Fsp3) is 0.345. The Balaban J connectivity index is 1.20. The molecule has 2 aliphatic rings. The molecule has 2 aliphatic carbocycles. The van der Waals surface area contributed by atoms with Crippen molar-refractivity contribution < 1.29 is 27.1 Å². The van der Waals surface area contributed by atoms with Crippen LogP contribution in [0.1, 0.15) is 32.1 Å². The van der Waals surface area contributed by atoms with E-state index < -0.39 is 44.5 Å². The summed E-state index contributed by atoms with van der Waals surface area (Å²) >= 11 is 1.35. The minimum Gasteiger partial charge on any atom is -0.472 e. The minimum atomic E-state index is -3.77. The third kappa shape index (κ3) is 5.82. The lowest BCUT2D eigenvalue weighted by atomic mass is 10.1. The van der Waals surface area contributed by atoms with Crippen LogP contribution in [-0.2, 0) is 19.6 Å². The molecule has 3 atom stereocenters. The van der Waals surface area contributed by atoms with E-state index >= 15 is 0 Å². The van der Waals surface area contributed by atoms with Crippen molar-refractivity contribution in [1.29, 1.82) is 0 Å². The Morgan fingerprint density at radius 1 is 1.26 bits per heavy atom. The Bertz CT molecular complexity index is 1860. The molecule has 4 N–H and O–H groups in total. The van der Waals surface area contributed by atoms with Gasteiger partial charge in [0.1, 0.15) is 27.0 Å². The van der Waals surface area contributed by atoms with Crippen molar-refractivity contribution in [2.45, 2.75) is 49.0 Å². The van der Waals surface area contributed by atoms with Gasteiger partial charge in [0.2, 0.25) is 21.8 Å². The van der Waals surface area contributed by atoms with Crippen LogP contribution in [0.25, 0.3) is 31.8 Å². The summed E-state index contributed by atoms with van der Waals surface area (Å²) in [4.78, 5) is 40.4. The van der Waals surface area contributed by atoms with Crippen molar-refractivity contribution in [3.05, 3.63) is 61.1 Å². The Morgan fingerprint density at radius 2 is 2.07 bits per heavy atom. The molecule has 4 aromatic rings. The van der Waals surface area contributed by atoms with Crippen molar-refractivity contribution >= 4 is 53.6 Å². The minimum absolute atomic E-state index is 0.0465. The first-order valence-electron chi connectivity index (χ1n) is 13.8. The number of fused-ring (bicyclic) bond motifs is 3. The van der Waals surface area contributed by atoms with E-state index in [-0.39, 0.29) is 43.4 Å². The second kappa shape index (κ2) is 11.2. The first-order valence-corrected chi connectivity index (χ1v) is 16.2. The van der Waals surface area contributed by atoms with E-state index in [2.05, 4.69) is 26.6 Å². The molecule has 224 valence electrons. The van der Waals surface area contributed by atoms with Crippen molar-refractivity contribution in [1.82, 2.24) is 25.0 Å². The first kappa shape index (κ1) is 29.1. The van der Waals surface area contributed by atoms with E-state index in [1.54, 1.807) is 24.4 Å². The molecule has 0 radical (unpaired) electrons. The number of carbonyl (C=O) groups excluding carboxylic acids is 2. The fourth-order valence-electron chi connectivity index (χ4n) is 4.99. The number of benzene rings is 1. The standard InChI is InChI=1S/C29H29FN6O5S2/c1-2-17-14-29(17,28(38)36-43(39,40)20-9-10-20)35-22(37)11-8-19(15-31)41-26-24-23(21-7-4-12-32-27(21)42-24)33-25(34-26)16-5-3-6-18(30)13-16/h2-7,12-13,17,19-20H,1,8-11,14-15,31H2,(H,35,37)(H,36,38)/t17-,19-,29-/m1/s1. The molecule has 3 heterocycles. The van der Waals surface area contributed by atoms with Crippen LogP contribution < -0.4 is 20.5 Å². The van der Waals surface area contributed by atoms with E-state index in [1.807, 2.05) is 6.07 Å². The van der Waals surface area contributed by atoms with Gasteiger partial charge in [0, 0.05) is 36.0 Å². The summed E-state index contributed by atoms with van der Waals surface area (Å²) in [7, 11) is -3.77. The van der Waals surface area contributed by atoms with Crippen LogP contribution >= 0.6 is 11.3 Å². The van der Waals surface area contributed by atoms with Gasteiger partial charge in [-0.1, -0.05) is 18.2 Å². The predicted molar refractivity (Wildman–Crippen MR) is 160 cm³/mol. The predicted octanol–water partition coefficient (Wildman–Crippen LogP) is 3.20. The number of thiophene rings is 1. The summed E-state index contributed by atoms with van der Waals surface area (Å²) in [5, 5.41) is 2.95. The summed E-state index contributed by atoms with van der Waals surface area (Å²) in [5.41, 5.74) is 5.73. The summed E-state index contributed by atoms with van der Waals surface area (Å²) < 4.78 is 47.7. The molecular weight excluding hydrogens is 595 g/mol. The highest BCUT2D eigenvalue weighted by molar-refractivity contribution is 7.91. The Morgan fingerprint density at radius 3 is 2.77 bits per heavy atom. The highest BCUT2D eigenvalue weighted by Crippen LogP contribution is 2.45. The number of hydrogen-bond donors (Lipinski definition) is 3. The van der Waals surface area contributed by atoms with Gasteiger partial charge in [-0.2, -0.15) is 4.98 Å². The van der Waals surface area contributed by atoms with Gasteiger partial charge >= 0.3 is 0 Å². The molecule has 3 aromatic heterocycles. The number of nitrogens with one attached hydrogen (secondary N) is 2. The van der Waals surface area contributed by atoms with Crippen LogP contribution in [0.3, 0.4) is 0 Å². The molecule has 0 spiro atoms. The highest BCUT2D eigenvalue weighted by atomic mass is 32.2. The van der Waals surface area contributed by atoms with Gasteiger partial charge < -0.3 is 15.8 Å². The zero-order chi connectivity index (χ0) is 30.4. The number of nitrogens with two attached hydrogens (primary N) is 1. The smallest absolute Gasteiger partial charge is 0.259 e. The monoisotopic (exact) mass is 624 g/mol. The van der Waals surface area contributed by atoms with Crippen LogP contribution in [0.2, 0.25) is 0 Å². The van der Waals surface area contributed by atoms with Gasteiger partial charge in [-0.05, 0) is 49.9 Å². The molecule has 2 fully saturated rings. The number of rotatable bonds is 12. The maximum Gasteiger partial charge on any atom is 0.259 e. The molecule has 2 amide bonds. The number of ether oxygens (including phenoxy) is 1. The molecule has 0 unspecified atom stereocenters. The van der Waals surface area contributed by atoms with Crippen molar-refractivity contribution in [3.8, 4) is 17.3 Å². The average Bonchev–Trinajstić information content (AvgIpc) is 3.91. The maximum atomic E-state index is 14.0. The van der Waals surface area contributed by atoms with E-state index in [4.69, 9.17) is 15.5 Å². The normalized spacial score (nSPS) is 20.5. The lowest BCUT2D eigenvalue weighted by Gasteiger charge is -2.20. The van der Waals surface area contributed by atoms with Crippen LogP contribution in [-0.4, -0.2) is 58.6 Å². The number of pyridine rings is 1. The molecule has 0 aliphatic heterocycles. The maximum absolute atomic E-state index is 14.0. The average molecular weight is 625 g/mol. The number of halogens is 1. The van der Waals surface area contributed by atoms with Crippen molar-refractivity contribution in [2.24, 2.45) is 11.7 Å². The summed E-state index contributed by atoms with van der Waals surface area (Å²) in [6.45, 7) is 3.76. The Hall–Kier alpha value is -4.01. The van der Waals surface area contributed by atoms with Gasteiger partial charge in [-0.25, -0.2) is 22.8 Å². The molecule has 6 rings (SSSR count). The van der Waals surface area contributed by atoms with Crippen LogP contribution in [0.5, 0.6) is 5.88 Å². The van der Waals surface area contributed by atoms with Crippen LogP contribution in [0.4, 0.5) is 4.39 Å². The summed E-state index contributed by atoms with van der Waals surface area (Å²) in [6.07, 6.45) is 3.97. The lowest BCUT2D eigenvalue weighted by Crippen LogP contribution is -2.52. The lowest BCUT2D eigenvalue weighted by molar-refractivity contribution is -0.129. The molecular formula is C29H29FN6O5S2. The molecule has 2 saturated carbocycles. The second-order valence-corrected chi connectivity index (χ2v) is 13.7. The Kier molecular flexibility index (Phi) is 7.60. The first-order chi connectivity index (χ1) is 20.6. The Labute approximate surface area is 250 Å². The van der Waals surface area contributed by atoms with E-state index in [0.717, 1.165) is 10.2 Å². The number of nitrogens with zero attached hydrogens (tertiary/aromatic N) is 3. The van der Waals surface area contributed by atoms with E-state index in [9.17, 15) is 22.4 Å². The highest BCUT2D eigenvalue weighted by Gasteiger charge is 2.60. The topological polar surface area (TPSA) is 166 Å². The molecule has 14 heteroatoms. The van der Waals surface area contributed by atoms with Gasteiger partial charge in [-0.15, -0.1) is 17.9 Å². The molecule has 0 bridgehead atoms. The summed E-state index contributed by atoms with van der Waals surface area (Å²) in [5.74, 6) is -1.53. The van der Waals surface area contributed by atoms with E-state index in [0.29, 0.717) is 28.6 Å². The zero-order valence-electron chi connectivity index (χ0n) is 23.0. The third-order valence-electron chi connectivity index (χ3n) is 7.64. The van der Waals surface area contributed by atoms with Crippen LogP contribution in [0.15, 0.2) is 55.3 Å². The third-order valence-corrected chi connectivity index (χ3v) is 10.6. The van der Waals surface area contributed by atoms with Crippen molar-refractivity contribution in [3.63, 3.8) is 0 Å². The number of amides is 2. The molecule has 43 heavy (non-hydrogen) atoms. The summed E-state index contributed by atoms with van der Waals surface area (Å²) in [6, 6.07) is 9.61. The van der Waals surface area contributed by atoms with Crippen LogP contribution in [0, 0.1) is 11.7 Å². The zero-order valence-corrected chi connectivity index (χ0v) is 24.6. The number of sulfonamides is 1. The second-order valence-electron chi connectivity index (χ2n) is 10.8. The van der Waals surface area contributed by atoms with Gasteiger partial charge in [0.15, 0.2) is 5.82 Å². The number of aromatic nitrogens is 3. The number of carbonyl (C=O) groups is 2. The molecule has 1 aromatic carbocycles. The number of hydrogen-bond acceptors (Lipinski definition) is 10. The molecule has 0 saturated heterocycles. The van der Waals surface area contributed by atoms with Gasteiger partial charge in [0.25, 0.3) is 5.91 Å². The largest absolute Gasteiger partial charge is 0.472 e. The van der Waals surface area contributed by atoms with Crippen molar-refractivity contribution in [2.75, 3.05) is 6.54 Å².